The molecular weight excluding hydrogens is 226 g/mol. The van der Waals surface area contributed by atoms with E-state index < -0.39 is 0 Å². The molecule has 2 rings (SSSR count). The quantitative estimate of drug-likeness (QED) is 0.765. The van der Waals surface area contributed by atoms with E-state index in [1.807, 2.05) is 19.9 Å². The van der Waals surface area contributed by atoms with E-state index >= 15 is 0 Å². The number of likely N-dealkylation sites (tertiary alicyclic amines) is 1. The van der Waals surface area contributed by atoms with Gasteiger partial charge in [0.05, 0.1) is 12.0 Å². The molecule has 1 aliphatic heterocycles. The highest BCUT2D eigenvalue weighted by Gasteiger charge is 2.29. The first-order valence-corrected chi connectivity index (χ1v) is 6.62. The molecule has 0 amide bonds. The van der Waals surface area contributed by atoms with E-state index in [-0.39, 0.29) is 18.0 Å². The smallest absolute Gasteiger partial charge is 0.310 e. The summed E-state index contributed by atoms with van der Waals surface area (Å²) in [7, 11) is 0. The Labute approximate surface area is 109 Å². The van der Waals surface area contributed by atoms with Crippen molar-refractivity contribution in [2.24, 2.45) is 5.92 Å². The predicted molar refractivity (Wildman–Crippen MR) is 71.1 cm³/mol. The van der Waals surface area contributed by atoms with Gasteiger partial charge in [-0.15, -0.1) is 0 Å². The standard InChI is InChI=1S/C15H21NO2/c1-12(2)18-15(17)14-8-9-16(11-14)10-13-6-4-3-5-7-13/h3-7,12,14H,8-11H2,1-2H3. The van der Waals surface area contributed by atoms with Gasteiger partial charge < -0.3 is 4.74 Å². The zero-order valence-electron chi connectivity index (χ0n) is 11.1. The Morgan fingerprint density at radius 1 is 1.39 bits per heavy atom. The van der Waals surface area contributed by atoms with Gasteiger partial charge >= 0.3 is 5.97 Å². The third-order valence-electron chi connectivity index (χ3n) is 3.21. The van der Waals surface area contributed by atoms with Gasteiger partial charge in [0.25, 0.3) is 0 Å². The summed E-state index contributed by atoms with van der Waals surface area (Å²) in [5.74, 6) is 0.0108. The van der Waals surface area contributed by atoms with E-state index in [0.717, 1.165) is 26.1 Å². The molecule has 0 spiro atoms. The zero-order valence-corrected chi connectivity index (χ0v) is 11.1. The number of esters is 1. The lowest BCUT2D eigenvalue weighted by Crippen LogP contribution is -2.25. The van der Waals surface area contributed by atoms with Crippen LogP contribution in [0.4, 0.5) is 0 Å². The second kappa shape index (κ2) is 6.01. The van der Waals surface area contributed by atoms with Gasteiger partial charge in [0.15, 0.2) is 0 Å². The molecule has 3 nitrogen and oxygen atoms in total. The predicted octanol–water partition coefficient (Wildman–Crippen LogP) is 2.46. The van der Waals surface area contributed by atoms with Crippen molar-refractivity contribution in [3.05, 3.63) is 35.9 Å². The topological polar surface area (TPSA) is 29.5 Å². The van der Waals surface area contributed by atoms with Crippen LogP contribution in [0, 0.1) is 5.92 Å². The number of ether oxygens (including phenoxy) is 1. The fourth-order valence-corrected chi connectivity index (χ4v) is 2.34. The summed E-state index contributed by atoms with van der Waals surface area (Å²) in [5.41, 5.74) is 1.30. The Kier molecular flexibility index (Phi) is 4.37. The van der Waals surface area contributed by atoms with E-state index in [0.29, 0.717) is 0 Å². The molecule has 1 fully saturated rings. The maximum atomic E-state index is 11.8. The first-order chi connectivity index (χ1) is 8.65. The summed E-state index contributed by atoms with van der Waals surface area (Å²) >= 11 is 0. The minimum absolute atomic E-state index is 0.0133. The van der Waals surface area contributed by atoms with Gasteiger partial charge in [0, 0.05) is 13.1 Å². The molecule has 0 aromatic heterocycles. The first kappa shape index (κ1) is 13.1. The second-order valence-electron chi connectivity index (χ2n) is 5.19. The van der Waals surface area contributed by atoms with Gasteiger partial charge in [-0.3, -0.25) is 9.69 Å². The molecule has 1 atom stereocenters. The van der Waals surface area contributed by atoms with Crippen molar-refractivity contribution in [1.29, 1.82) is 0 Å². The molecule has 18 heavy (non-hydrogen) atoms. The maximum Gasteiger partial charge on any atom is 0.310 e. The van der Waals surface area contributed by atoms with Crippen LogP contribution < -0.4 is 0 Å². The van der Waals surface area contributed by atoms with Gasteiger partial charge in [-0.2, -0.15) is 0 Å². The highest BCUT2D eigenvalue weighted by Crippen LogP contribution is 2.20. The number of rotatable bonds is 4. The lowest BCUT2D eigenvalue weighted by atomic mass is 10.1. The van der Waals surface area contributed by atoms with Crippen LogP contribution in [-0.4, -0.2) is 30.1 Å². The van der Waals surface area contributed by atoms with E-state index in [4.69, 9.17) is 4.74 Å². The molecule has 0 N–H and O–H groups in total. The molecule has 1 aromatic rings. The monoisotopic (exact) mass is 247 g/mol. The number of carbonyl (C=O) groups excluding carboxylic acids is 1. The second-order valence-corrected chi connectivity index (χ2v) is 5.19. The number of benzene rings is 1. The molecule has 1 aliphatic rings. The van der Waals surface area contributed by atoms with Gasteiger partial charge in [-0.05, 0) is 32.4 Å². The van der Waals surface area contributed by atoms with Crippen molar-refractivity contribution >= 4 is 5.97 Å². The van der Waals surface area contributed by atoms with Crippen LogP contribution in [0.1, 0.15) is 25.8 Å². The van der Waals surface area contributed by atoms with Crippen LogP contribution in [-0.2, 0) is 16.1 Å². The molecule has 0 saturated carbocycles. The summed E-state index contributed by atoms with van der Waals surface area (Å²) < 4.78 is 5.27. The van der Waals surface area contributed by atoms with Crippen LogP contribution in [0.15, 0.2) is 30.3 Å². The Morgan fingerprint density at radius 2 is 2.11 bits per heavy atom. The first-order valence-electron chi connectivity index (χ1n) is 6.62. The van der Waals surface area contributed by atoms with Crippen molar-refractivity contribution in [1.82, 2.24) is 4.90 Å². The van der Waals surface area contributed by atoms with Crippen LogP contribution in [0.2, 0.25) is 0 Å². The van der Waals surface area contributed by atoms with Gasteiger partial charge in [0.1, 0.15) is 0 Å². The molecule has 1 unspecified atom stereocenters. The van der Waals surface area contributed by atoms with E-state index in [2.05, 4.69) is 29.2 Å². The SMILES string of the molecule is CC(C)OC(=O)C1CCN(Cc2ccccc2)C1. The highest BCUT2D eigenvalue weighted by molar-refractivity contribution is 5.73. The molecule has 0 aliphatic carbocycles. The molecular formula is C15H21NO2. The average molecular weight is 247 g/mol. The van der Waals surface area contributed by atoms with Crippen LogP contribution >= 0.6 is 0 Å². The van der Waals surface area contributed by atoms with E-state index in [1.54, 1.807) is 0 Å². The van der Waals surface area contributed by atoms with Gasteiger partial charge in [-0.25, -0.2) is 0 Å². The molecule has 3 heteroatoms. The fourth-order valence-electron chi connectivity index (χ4n) is 2.34. The van der Waals surface area contributed by atoms with Crippen molar-refractivity contribution in [3.63, 3.8) is 0 Å². The van der Waals surface area contributed by atoms with Gasteiger partial charge in [0.2, 0.25) is 0 Å². The third-order valence-corrected chi connectivity index (χ3v) is 3.21. The largest absolute Gasteiger partial charge is 0.463 e. The number of carbonyl (C=O) groups is 1. The summed E-state index contributed by atoms with van der Waals surface area (Å²) in [6.07, 6.45) is 0.902. The molecule has 0 radical (unpaired) electrons. The zero-order chi connectivity index (χ0) is 13.0. The molecule has 1 heterocycles. The number of nitrogens with zero attached hydrogens (tertiary/aromatic N) is 1. The number of hydrogen-bond donors (Lipinski definition) is 0. The summed E-state index contributed by atoms with van der Waals surface area (Å²) in [4.78, 5) is 14.1. The van der Waals surface area contributed by atoms with Crippen molar-refractivity contribution in [3.8, 4) is 0 Å². The Morgan fingerprint density at radius 3 is 2.78 bits per heavy atom. The van der Waals surface area contributed by atoms with Crippen LogP contribution in [0.5, 0.6) is 0 Å². The lowest BCUT2D eigenvalue weighted by molar-refractivity contribution is -0.151. The van der Waals surface area contributed by atoms with Crippen LogP contribution in [0.25, 0.3) is 0 Å². The Hall–Kier alpha value is -1.35. The van der Waals surface area contributed by atoms with E-state index in [1.165, 1.54) is 5.56 Å². The summed E-state index contributed by atoms with van der Waals surface area (Å²) in [6.45, 7) is 6.52. The molecule has 1 saturated heterocycles. The minimum atomic E-state index is -0.0411. The molecule has 1 aromatic carbocycles. The van der Waals surface area contributed by atoms with Crippen molar-refractivity contribution in [2.45, 2.75) is 32.9 Å². The van der Waals surface area contributed by atoms with Crippen molar-refractivity contribution < 1.29 is 9.53 Å². The normalized spacial score (nSPS) is 20.3. The Balaban J connectivity index is 1.83. The molecule has 98 valence electrons. The highest BCUT2D eigenvalue weighted by atomic mass is 16.5. The van der Waals surface area contributed by atoms with Crippen molar-refractivity contribution in [2.75, 3.05) is 13.1 Å². The average Bonchev–Trinajstić information content (AvgIpc) is 2.78. The lowest BCUT2D eigenvalue weighted by Gasteiger charge is -2.16. The van der Waals surface area contributed by atoms with Crippen LogP contribution in [0.3, 0.4) is 0 Å². The number of hydrogen-bond acceptors (Lipinski definition) is 3. The van der Waals surface area contributed by atoms with Gasteiger partial charge in [-0.1, -0.05) is 30.3 Å². The molecule has 0 bridgehead atoms. The minimum Gasteiger partial charge on any atom is -0.463 e. The van der Waals surface area contributed by atoms with E-state index in [9.17, 15) is 4.79 Å². The third kappa shape index (κ3) is 3.57. The summed E-state index contributed by atoms with van der Waals surface area (Å²) in [6, 6.07) is 10.4. The fraction of sp³-hybridized carbons (Fsp3) is 0.533. The summed E-state index contributed by atoms with van der Waals surface area (Å²) in [5, 5.41) is 0. The maximum absolute atomic E-state index is 11.8. The Bertz CT molecular complexity index is 389.